The smallest absolute Gasteiger partial charge is 0.193 e. The third kappa shape index (κ3) is 2.27. The number of anilines is 2. The van der Waals surface area contributed by atoms with Gasteiger partial charge in [0.25, 0.3) is 0 Å². The van der Waals surface area contributed by atoms with Crippen molar-refractivity contribution in [2.24, 2.45) is 0 Å². The van der Waals surface area contributed by atoms with Gasteiger partial charge >= 0.3 is 0 Å². The maximum Gasteiger partial charge on any atom is 0.193 e. The van der Waals surface area contributed by atoms with Gasteiger partial charge in [0.1, 0.15) is 5.75 Å². The molecule has 0 aliphatic rings. The summed E-state index contributed by atoms with van der Waals surface area (Å²) in [5, 5.41) is 0. The van der Waals surface area contributed by atoms with E-state index in [4.69, 9.17) is 16.2 Å². The highest BCUT2D eigenvalue weighted by atomic mass is 16.5. The second kappa shape index (κ2) is 4.79. The summed E-state index contributed by atoms with van der Waals surface area (Å²) < 4.78 is 5.09. The highest BCUT2D eigenvalue weighted by Gasteiger charge is 2.11. The maximum atomic E-state index is 12.2. The number of carbonyl (C=O) groups excluding carboxylic acids is 1. The number of nitrogens with two attached hydrogens (primary N) is 2. The van der Waals surface area contributed by atoms with E-state index in [1.165, 1.54) is 7.11 Å². The van der Waals surface area contributed by atoms with Crippen molar-refractivity contribution in [1.29, 1.82) is 0 Å². The monoisotopic (exact) mass is 242 g/mol. The summed E-state index contributed by atoms with van der Waals surface area (Å²) in [4.78, 5) is 12.2. The van der Waals surface area contributed by atoms with E-state index >= 15 is 0 Å². The molecule has 0 heterocycles. The fraction of sp³-hybridized carbons (Fsp3) is 0.0714. The van der Waals surface area contributed by atoms with Gasteiger partial charge in [-0.15, -0.1) is 0 Å². The second-order valence-electron chi connectivity index (χ2n) is 3.91. The first-order valence-electron chi connectivity index (χ1n) is 5.45. The zero-order chi connectivity index (χ0) is 13.1. The molecule has 0 aromatic heterocycles. The van der Waals surface area contributed by atoms with Crippen molar-refractivity contribution < 1.29 is 9.53 Å². The molecule has 0 amide bonds. The van der Waals surface area contributed by atoms with Crippen LogP contribution in [-0.4, -0.2) is 12.9 Å². The summed E-state index contributed by atoms with van der Waals surface area (Å²) in [7, 11) is 1.51. The molecule has 0 spiro atoms. The number of ketones is 1. The van der Waals surface area contributed by atoms with E-state index < -0.39 is 0 Å². The fourth-order valence-corrected chi connectivity index (χ4v) is 1.70. The number of nitrogen functional groups attached to an aromatic ring is 2. The molecule has 92 valence electrons. The quantitative estimate of drug-likeness (QED) is 0.638. The van der Waals surface area contributed by atoms with Crippen LogP contribution in [-0.2, 0) is 0 Å². The van der Waals surface area contributed by atoms with Crippen LogP contribution in [0.1, 0.15) is 15.9 Å². The van der Waals surface area contributed by atoms with Crippen molar-refractivity contribution in [2.45, 2.75) is 0 Å². The predicted octanol–water partition coefficient (Wildman–Crippen LogP) is 2.09. The number of hydrogen-bond acceptors (Lipinski definition) is 4. The lowest BCUT2D eigenvalue weighted by atomic mass is 10.0. The van der Waals surface area contributed by atoms with Crippen LogP contribution in [0, 0.1) is 0 Å². The largest absolute Gasteiger partial charge is 0.495 e. The molecular weight excluding hydrogens is 228 g/mol. The van der Waals surface area contributed by atoms with E-state index in [1.54, 1.807) is 42.5 Å². The highest BCUT2D eigenvalue weighted by Crippen LogP contribution is 2.24. The molecule has 2 aromatic carbocycles. The lowest BCUT2D eigenvalue weighted by Gasteiger charge is -2.07. The molecule has 18 heavy (non-hydrogen) atoms. The first-order valence-corrected chi connectivity index (χ1v) is 5.45. The van der Waals surface area contributed by atoms with Gasteiger partial charge in [-0.25, -0.2) is 0 Å². The molecule has 0 fully saturated rings. The molecule has 0 unspecified atom stereocenters. The van der Waals surface area contributed by atoms with E-state index in [0.29, 0.717) is 28.3 Å². The third-order valence-electron chi connectivity index (χ3n) is 2.64. The fourth-order valence-electron chi connectivity index (χ4n) is 1.70. The van der Waals surface area contributed by atoms with E-state index in [9.17, 15) is 4.79 Å². The molecule has 4 nitrogen and oxygen atoms in total. The van der Waals surface area contributed by atoms with E-state index in [0.717, 1.165) is 0 Å². The van der Waals surface area contributed by atoms with Gasteiger partial charge in [-0.1, -0.05) is 12.1 Å². The number of methoxy groups -OCH3 is 1. The van der Waals surface area contributed by atoms with Gasteiger partial charge in [0.2, 0.25) is 0 Å². The number of ether oxygens (including phenoxy) is 1. The Labute approximate surface area is 105 Å². The zero-order valence-electron chi connectivity index (χ0n) is 10.0. The molecule has 0 aliphatic heterocycles. The maximum absolute atomic E-state index is 12.2. The van der Waals surface area contributed by atoms with Gasteiger partial charge in [0.15, 0.2) is 5.78 Å². The lowest BCUT2D eigenvalue weighted by Crippen LogP contribution is -2.03. The van der Waals surface area contributed by atoms with E-state index in [-0.39, 0.29) is 5.78 Å². The predicted molar refractivity (Wildman–Crippen MR) is 71.7 cm³/mol. The van der Waals surface area contributed by atoms with E-state index in [1.807, 2.05) is 0 Å². The Hall–Kier alpha value is -2.49. The first kappa shape index (κ1) is 12.0. The van der Waals surface area contributed by atoms with Crippen LogP contribution in [0.5, 0.6) is 5.75 Å². The first-order chi connectivity index (χ1) is 8.61. The van der Waals surface area contributed by atoms with Crippen LogP contribution in [0.3, 0.4) is 0 Å². The summed E-state index contributed by atoms with van der Waals surface area (Å²) in [6.45, 7) is 0. The van der Waals surface area contributed by atoms with Crippen LogP contribution in [0.4, 0.5) is 11.4 Å². The summed E-state index contributed by atoms with van der Waals surface area (Å²) in [6.07, 6.45) is 0. The standard InChI is InChI=1S/C14H14N2O2/c1-18-13-8-10(5-6-12(13)16)14(17)9-3-2-4-11(15)7-9/h2-8H,15-16H2,1H3. The molecule has 0 aliphatic carbocycles. The number of carbonyl (C=O) groups is 1. The second-order valence-corrected chi connectivity index (χ2v) is 3.91. The average Bonchev–Trinajstić information content (AvgIpc) is 2.38. The van der Waals surface area contributed by atoms with Gasteiger partial charge in [-0.2, -0.15) is 0 Å². The third-order valence-corrected chi connectivity index (χ3v) is 2.64. The van der Waals surface area contributed by atoms with Crippen LogP contribution < -0.4 is 16.2 Å². The minimum atomic E-state index is -0.111. The summed E-state index contributed by atoms with van der Waals surface area (Å²) in [5.74, 6) is 0.380. The Morgan fingerprint density at radius 2 is 1.78 bits per heavy atom. The van der Waals surface area contributed by atoms with Crippen molar-refractivity contribution in [3.8, 4) is 5.75 Å². The van der Waals surface area contributed by atoms with Gasteiger partial charge in [0, 0.05) is 16.8 Å². The Morgan fingerprint density at radius 1 is 1.06 bits per heavy atom. The molecule has 4 N–H and O–H groups in total. The van der Waals surface area contributed by atoms with Gasteiger partial charge in [-0.3, -0.25) is 4.79 Å². The minimum Gasteiger partial charge on any atom is -0.495 e. The van der Waals surface area contributed by atoms with Gasteiger partial charge in [0.05, 0.1) is 12.8 Å². The molecule has 0 atom stereocenters. The van der Waals surface area contributed by atoms with Crippen LogP contribution in [0.2, 0.25) is 0 Å². The summed E-state index contributed by atoms with van der Waals surface area (Å²) in [6, 6.07) is 11.8. The number of hydrogen-bond donors (Lipinski definition) is 2. The van der Waals surface area contributed by atoms with Crippen LogP contribution in [0.15, 0.2) is 42.5 Å². The number of rotatable bonds is 3. The normalized spacial score (nSPS) is 10.1. The lowest BCUT2D eigenvalue weighted by molar-refractivity contribution is 0.103. The Balaban J connectivity index is 2.40. The van der Waals surface area contributed by atoms with Crippen molar-refractivity contribution in [3.63, 3.8) is 0 Å². The van der Waals surface area contributed by atoms with Crippen LogP contribution in [0.25, 0.3) is 0 Å². The molecule has 0 saturated heterocycles. The molecule has 0 bridgehead atoms. The molecular formula is C14H14N2O2. The van der Waals surface area contributed by atoms with Crippen molar-refractivity contribution in [3.05, 3.63) is 53.6 Å². The van der Waals surface area contributed by atoms with E-state index in [2.05, 4.69) is 0 Å². The summed E-state index contributed by atoms with van der Waals surface area (Å²) >= 11 is 0. The highest BCUT2D eigenvalue weighted by molar-refractivity contribution is 6.09. The molecule has 0 radical (unpaired) electrons. The summed E-state index contributed by atoms with van der Waals surface area (Å²) in [5.41, 5.74) is 13.5. The Kier molecular flexibility index (Phi) is 3.19. The Morgan fingerprint density at radius 3 is 2.44 bits per heavy atom. The topological polar surface area (TPSA) is 78.3 Å². The molecule has 0 saturated carbocycles. The zero-order valence-corrected chi connectivity index (χ0v) is 10.0. The van der Waals surface area contributed by atoms with Gasteiger partial charge in [-0.05, 0) is 30.3 Å². The van der Waals surface area contributed by atoms with Gasteiger partial charge < -0.3 is 16.2 Å². The molecule has 4 heteroatoms. The SMILES string of the molecule is COc1cc(C(=O)c2cccc(N)c2)ccc1N. The molecule has 2 aromatic rings. The Bertz CT molecular complexity index is 594. The average molecular weight is 242 g/mol. The molecule has 2 rings (SSSR count). The number of benzene rings is 2. The van der Waals surface area contributed by atoms with Crippen LogP contribution >= 0.6 is 0 Å². The van der Waals surface area contributed by atoms with Crippen molar-refractivity contribution in [2.75, 3.05) is 18.6 Å². The van der Waals surface area contributed by atoms with Crippen molar-refractivity contribution in [1.82, 2.24) is 0 Å². The van der Waals surface area contributed by atoms with Crippen molar-refractivity contribution >= 4 is 17.2 Å². The minimum absolute atomic E-state index is 0.111.